The number of hydrogen-bond acceptors (Lipinski definition) is 5. The van der Waals surface area contributed by atoms with E-state index < -0.39 is 0 Å². The maximum atomic E-state index is 12.6. The SMILES string of the molecule is CC(=O)N1CC[C@@H](c2nnc3ccc(C(=O)NCC4CCOCC4)cn23)C1. The molecule has 1 N–H and O–H groups in total. The summed E-state index contributed by atoms with van der Waals surface area (Å²) in [5.41, 5.74) is 1.31. The van der Waals surface area contributed by atoms with E-state index in [0.717, 1.165) is 44.8 Å². The van der Waals surface area contributed by atoms with Gasteiger partial charge in [-0.15, -0.1) is 10.2 Å². The standard InChI is InChI=1S/C19H25N5O3/c1-13(25)23-7-4-15(11-23)18-22-21-17-3-2-16(12-24(17)18)19(26)20-10-14-5-8-27-9-6-14/h2-3,12,14-15H,4-11H2,1H3,(H,20,26)/t15-/m1/s1. The second-order valence-electron chi connectivity index (χ2n) is 7.42. The first kappa shape index (κ1) is 17.9. The Kier molecular flexibility index (Phi) is 5.07. The molecule has 4 heterocycles. The predicted molar refractivity (Wildman–Crippen MR) is 98.5 cm³/mol. The van der Waals surface area contributed by atoms with Crippen molar-refractivity contribution in [1.82, 2.24) is 24.8 Å². The highest BCUT2D eigenvalue weighted by atomic mass is 16.5. The highest BCUT2D eigenvalue weighted by molar-refractivity contribution is 5.94. The molecule has 2 fully saturated rings. The van der Waals surface area contributed by atoms with Crippen LogP contribution in [0.2, 0.25) is 0 Å². The summed E-state index contributed by atoms with van der Waals surface area (Å²) in [5, 5.41) is 11.6. The smallest absolute Gasteiger partial charge is 0.252 e. The summed E-state index contributed by atoms with van der Waals surface area (Å²) >= 11 is 0. The number of fused-ring (bicyclic) bond motifs is 1. The minimum Gasteiger partial charge on any atom is -0.381 e. The molecule has 2 aliphatic rings. The first-order valence-corrected chi connectivity index (χ1v) is 9.58. The Labute approximate surface area is 157 Å². The number of carbonyl (C=O) groups excluding carboxylic acids is 2. The fraction of sp³-hybridized carbons (Fsp3) is 0.579. The number of hydrogen-bond donors (Lipinski definition) is 1. The third-order valence-corrected chi connectivity index (χ3v) is 5.58. The lowest BCUT2D eigenvalue weighted by molar-refractivity contribution is -0.127. The van der Waals surface area contributed by atoms with E-state index in [4.69, 9.17) is 4.74 Å². The molecule has 8 nitrogen and oxygen atoms in total. The molecule has 0 radical (unpaired) electrons. The van der Waals surface area contributed by atoms with E-state index in [1.165, 1.54) is 0 Å². The number of ether oxygens (including phenoxy) is 1. The van der Waals surface area contributed by atoms with Crippen molar-refractivity contribution in [3.63, 3.8) is 0 Å². The molecular weight excluding hydrogens is 346 g/mol. The molecule has 8 heteroatoms. The number of carbonyl (C=O) groups is 2. The molecule has 2 amide bonds. The van der Waals surface area contributed by atoms with Crippen LogP contribution in [-0.4, -0.2) is 64.2 Å². The number of pyridine rings is 1. The lowest BCUT2D eigenvalue weighted by Crippen LogP contribution is -2.32. The lowest BCUT2D eigenvalue weighted by Gasteiger charge is -2.22. The van der Waals surface area contributed by atoms with Crippen molar-refractivity contribution < 1.29 is 14.3 Å². The fourth-order valence-electron chi connectivity index (χ4n) is 3.87. The van der Waals surface area contributed by atoms with E-state index >= 15 is 0 Å². The van der Waals surface area contributed by atoms with Gasteiger partial charge in [0.15, 0.2) is 5.65 Å². The Hall–Kier alpha value is -2.48. The van der Waals surface area contributed by atoms with Crippen LogP contribution in [0.4, 0.5) is 0 Å². The van der Waals surface area contributed by atoms with E-state index in [0.29, 0.717) is 30.2 Å². The Morgan fingerprint density at radius 1 is 1.22 bits per heavy atom. The summed E-state index contributed by atoms with van der Waals surface area (Å²) in [4.78, 5) is 26.0. The molecule has 2 saturated heterocycles. The highest BCUT2D eigenvalue weighted by Gasteiger charge is 2.29. The van der Waals surface area contributed by atoms with Gasteiger partial charge < -0.3 is 15.0 Å². The Balaban J connectivity index is 1.48. The summed E-state index contributed by atoms with van der Waals surface area (Å²) in [6.07, 6.45) is 4.65. The molecule has 27 heavy (non-hydrogen) atoms. The van der Waals surface area contributed by atoms with Gasteiger partial charge in [0.25, 0.3) is 5.91 Å². The van der Waals surface area contributed by atoms with Gasteiger partial charge in [0.1, 0.15) is 5.82 Å². The van der Waals surface area contributed by atoms with E-state index in [9.17, 15) is 9.59 Å². The molecule has 0 aromatic carbocycles. The molecule has 144 valence electrons. The fourth-order valence-corrected chi connectivity index (χ4v) is 3.87. The van der Waals surface area contributed by atoms with Gasteiger partial charge in [-0.3, -0.25) is 14.0 Å². The summed E-state index contributed by atoms with van der Waals surface area (Å²) in [7, 11) is 0. The summed E-state index contributed by atoms with van der Waals surface area (Å²) in [6.45, 7) is 5.19. The number of amides is 2. The van der Waals surface area contributed by atoms with Crippen LogP contribution in [0.5, 0.6) is 0 Å². The van der Waals surface area contributed by atoms with Gasteiger partial charge in [-0.2, -0.15) is 0 Å². The lowest BCUT2D eigenvalue weighted by atomic mass is 10.0. The summed E-state index contributed by atoms with van der Waals surface area (Å²) < 4.78 is 7.25. The van der Waals surface area contributed by atoms with Gasteiger partial charge >= 0.3 is 0 Å². The van der Waals surface area contributed by atoms with Crippen molar-refractivity contribution >= 4 is 17.5 Å². The molecular formula is C19H25N5O3. The minimum atomic E-state index is -0.0835. The van der Waals surface area contributed by atoms with E-state index in [1.807, 2.05) is 15.4 Å². The van der Waals surface area contributed by atoms with Crippen LogP contribution in [0.1, 0.15) is 48.3 Å². The van der Waals surface area contributed by atoms with Gasteiger partial charge in [-0.25, -0.2) is 0 Å². The zero-order valence-corrected chi connectivity index (χ0v) is 15.6. The van der Waals surface area contributed by atoms with E-state index in [1.54, 1.807) is 19.2 Å². The van der Waals surface area contributed by atoms with Crippen LogP contribution in [-0.2, 0) is 9.53 Å². The largest absolute Gasteiger partial charge is 0.381 e. The second-order valence-corrected chi connectivity index (χ2v) is 7.42. The third kappa shape index (κ3) is 3.80. The third-order valence-electron chi connectivity index (χ3n) is 5.58. The van der Waals surface area contributed by atoms with Crippen LogP contribution in [0.3, 0.4) is 0 Å². The highest BCUT2D eigenvalue weighted by Crippen LogP contribution is 2.26. The van der Waals surface area contributed by atoms with Crippen molar-refractivity contribution in [3.8, 4) is 0 Å². The van der Waals surface area contributed by atoms with Crippen LogP contribution in [0.25, 0.3) is 5.65 Å². The van der Waals surface area contributed by atoms with Crippen LogP contribution in [0.15, 0.2) is 18.3 Å². The molecule has 2 aromatic heterocycles. The minimum absolute atomic E-state index is 0.0829. The number of nitrogens with zero attached hydrogens (tertiary/aromatic N) is 4. The average Bonchev–Trinajstić information content (AvgIpc) is 3.33. The van der Waals surface area contributed by atoms with Crippen molar-refractivity contribution in [2.24, 2.45) is 5.92 Å². The Morgan fingerprint density at radius 3 is 2.78 bits per heavy atom. The number of likely N-dealkylation sites (tertiary alicyclic amines) is 1. The van der Waals surface area contributed by atoms with E-state index in [2.05, 4.69) is 15.5 Å². The number of nitrogens with one attached hydrogen (secondary N) is 1. The zero-order valence-electron chi connectivity index (χ0n) is 15.6. The van der Waals surface area contributed by atoms with Crippen LogP contribution >= 0.6 is 0 Å². The first-order chi connectivity index (χ1) is 13.1. The molecule has 1 atom stereocenters. The molecule has 2 aromatic rings. The first-order valence-electron chi connectivity index (χ1n) is 9.58. The monoisotopic (exact) mass is 371 g/mol. The second kappa shape index (κ2) is 7.64. The molecule has 0 bridgehead atoms. The van der Waals surface area contributed by atoms with Crippen molar-refractivity contribution in [2.45, 2.75) is 32.1 Å². The van der Waals surface area contributed by atoms with Gasteiger partial charge in [0.2, 0.25) is 5.91 Å². The summed E-state index contributed by atoms with van der Waals surface area (Å²) in [5.74, 6) is 1.43. The Bertz CT molecular complexity index is 843. The Morgan fingerprint density at radius 2 is 2.04 bits per heavy atom. The number of aromatic nitrogens is 3. The number of rotatable bonds is 4. The van der Waals surface area contributed by atoms with Gasteiger partial charge in [0, 0.05) is 51.9 Å². The molecule has 4 rings (SSSR count). The summed E-state index contributed by atoms with van der Waals surface area (Å²) in [6, 6.07) is 3.60. The maximum Gasteiger partial charge on any atom is 0.252 e. The van der Waals surface area contributed by atoms with E-state index in [-0.39, 0.29) is 17.7 Å². The predicted octanol–water partition coefficient (Wildman–Crippen LogP) is 1.22. The van der Waals surface area contributed by atoms with Crippen molar-refractivity contribution in [3.05, 3.63) is 29.7 Å². The normalized spacial score (nSPS) is 20.9. The molecule has 0 aliphatic carbocycles. The topological polar surface area (TPSA) is 88.8 Å². The van der Waals surface area contributed by atoms with Crippen LogP contribution < -0.4 is 5.32 Å². The molecule has 2 aliphatic heterocycles. The zero-order chi connectivity index (χ0) is 18.8. The van der Waals surface area contributed by atoms with Crippen molar-refractivity contribution in [2.75, 3.05) is 32.8 Å². The average molecular weight is 371 g/mol. The molecule has 0 unspecified atom stereocenters. The molecule has 0 saturated carbocycles. The van der Waals surface area contributed by atoms with Gasteiger partial charge in [-0.1, -0.05) is 0 Å². The van der Waals surface area contributed by atoms with Crippen LogP contribution in [0, 0.1) is 5.92 Å². The maximum absolute atomic E-state index is 12.6. The van der Waals surface area contributed by atoms with Crippen molar-refractivity contribution in [1.29, 1.82) is 0 Å². The quantitative estimate of drug-likeness (QED) is 0.873. The van der Waals surface area contributed by atoms with Gasteiger partial charge in [-0.05, 0) is 37.3 Å². The molecule has 0 spiro atoms. The van der Waals surface area contributed by atoms with Gasteiger partial charge in [0.05, 0.1) is 5.56 Å².